The third-order valence-corrected chi connectivity index (χ3v) is 12.5. The maximum absolute atomic E-state index is 14.5. The zero-order chi connectivity index (χ0) is 46.4. The Balaban J connectivity index is 0.00000306. The van der Waals surface area contributed by atoms with Crippen LogP contribution in [0.2, 0.25) is 0 Å². The number of azo groups is 1. The molecule has 0 aliphatic heterocycles. The first kappa shape index (κ1) is 59.2. The summed E-state index contributed by atoms with van der Waals surface area (Å²) in [6.45, 7) is -0.275. The van der Waals surface area contributed by atoms with Gasteiger partial charge in [-0.1, -0.05) is 48.5 Å². The number of carbonyl (C=O) groups is 1. The van der Waals surface area contributed by atoms with Crippen molar-refractivity contribution < 1.29 is 184 Å². The Morgan fingerprint density at radius 3 is 1.91 bits per heavy atom. The van der Waals surface area contributed by atoms with Crippen molar-refractivity contribution >= 4 is 103 Å². The molecule has 0 unspecified atom stereocenters. The van der Waals surface area contributed by atoms with Gasteiger partial charge in [-0.25, -0.2) is 33.7 Å². The number of hydrogen-bond acceptors (Lipinski definition) is 21. The van der Waals surface area contributed by atoms with E-state index in [4.69, 9.17) is 0 Å². The second kappa shape index (κ2) is 23.4. The number of benzene rings is 6. The second-order valence-electron chi connectivity index (χ2n) is 13.1. The number of amides is 1. The van der Waals surface area contributed by atoms with E-state index in [0.29, 0.717) is 12.1 Å². The van der Waals surface area contributed by atoms with Crippen LogP contribution in [0.5, 0.6) is 5.75 Å². The Morgan fingerprint density at radius 1 is 0.632 bits per heavy atom. The first-order valence-electron chi connectivity index (χ1n) is 17.5. The zero-order valence-corrected chi connectivity index (χ0v) is 46.8. The number of nitrogens with one attached hydrogen (secondary N) is 3. The van der Waals surface area contributed by atoms with E-state index in [0.717, 1.165) is 24.3 Å². The van der Waals surface area contributed by atoms with Crippen molar-refractivity contribution in [2.45, 2.75) is 26.1 Å². The summed E-state index contributed by atoms with van der Waals surface area (Å²) in [4.78, 5) is 19.9. The number of nitrogens with zero attached hydrogens (tertiary/aromatic N) is 5. The first-order chi connectivity index (χ1) is 30.0. The molecule has 0 aliphatic carbocycles. The quantitative estimate of drug-likeness (QED) is 0.0473. The molecule has 0 saturated heterocycles. The summed E-state index contributed by atoms with van der Waals surface area (Å²) in [6.07, 6.45) is -1.30. The third kappa shape index (κ3) is 13.6. The topological polar surface area (TPSA) is 366 Å². The molecule has 0 spiro atoms. The largest absolute Gasteiger partial charge is 1.00 e. The molecule has 1 heterocycles. The molecule has 330 valence electrons. The summed E-state index contributed by atoms with van der Waals surface area (Å²) in [5.41, 5.74) is -2.03. The van der Waals surface area contributed by atoms with Crippen molar-refractivity contribution in [2.24, 2.45) is 10.2 Å². The fourth-order valence-corrected chi connectivity index (χ4v) is 8.96. The molecule has 0 fully saturated rings. The van der Waals surface area contributed by atoms with Crippen LogP contribution >= 0.6 is 0 Å². The molecular weight excluding hydrogens is 1020 g/mol. The maximum atomic E-state index is 14.5. The van der Waals surface area contributed by atoms with Crippen LogP contribution in [0.4, 0.5) is 39.0 Å². The van der Waals surface area contributed by atoms with Crippen molar-refractivity contribution in [1.29, 1.82) is 0 Å². The number of phenolic OH excluding ortho intramolecular Hbond substituents is 1. The normalized spacial score (nSPS) is 11.7. The predicted octanol–water partition coefficient (Wildman–Crippen LogP) is -7.32. The SMILES string of the molecule is O=C(Nc1ccc(S(=O)(=O)[O-])c2cc(S(=O)(=O)[O-])c(N=Nc3ccc4c(CNc5nc(F)nc(Nc6cccc(S(=O)(=O)[O-])c6)n5)cccc4c3S(=O)(=O)[O-])c(O)c12)c1ccccc1.[Na+].[Na+].[Na+].[Na+]. The molecule has 0 saturated carbocycles. The Hall–Kier alpha value is -3.11. The number of phenols is 1. The minimum Gasteiger partial charge on any atom is -0.744 e. The molecule has 7 rings (SSSR count). The fourth-order valence-electron chi connectivity index (χ4n) is 6.33. The minimum absolute atomic E-state index is 0. The molecule has 31 heteroatoms. The first-order valence-corrected chi connectivity index (χ1v) is 23.1. The second-order valence-corrected chi connectivity index (χ2v) is 18.5. The average Bonchev–Trinajstić information content (AvgIpc) is 3.20. The number of anilines is 4. The standard InChI is InChI=1S/C37H27FN8O14S4.4Na/c38-35-42-36(44-37(43-35)40-21-9-5-10-22(16-21)61(49,50)51)39-18-20-8-4-11-24-23(20)12-13-27(33(24)64(58,59)60)45-46-31-29(63(55,56)57)17-25-28(62(52,53)54)15-14-26(30(25)32(31)47)41-34(48)19-6-2-1-3-7-19;;;;/h1-17,47H,18H2,(H,41,48)(H,49,50,51)(H,52,53,54)(H,55,56,57)(H,58,59,60)(H2,39,40,42,43,44);;;;/q;4*+1/p-4. The molecule has 0 radical (unpaired) electrons. The van der Waals surface area contributed by atoms with Gasteiger partial charge in [0.05, 0.1) is 30.7 Å². The molecule has 7 aromatic rings. The van der Waals surface area contributed by atoms with Crippen molar-refractivity contribution in [2.75, 3.05) is 16.0 Å². The summed E-state index contributed by atoms with van der Waals surface area (Å²) in [7, 11) is -21.5. The van der Waals surface area contributed by atoms with Crippen LogP contribution in [-0.4, -0.2) is 77.8 Å². The van der Waals surface area contributed by atoms with Gasteiger partial charge in [-0.15, -0.1) is 10.2 Å². The van der Waals surface area contributed by atoms with Gasteiger partial charge < -0.3 is 39.3 Å². The van der Waals surface area contributed by atoms with E-state index in [2.05, 4.69) is 41.1 Å². The third-order valence-electron chi connectivity index (χ3n) is 9.01. The van der Waals surface area contributed by atoms with Crippen LogP contribution in [0.1, 0.15) is 15.9 Å². The van der Waals surface area contributed by atoms with Crippen molar-refractivity contribution in [1.82, 2.24) is 15.0 Å². The van der Waals surface area contributed by atoms with E-state index >= 15 is 0 Å². The molecule has 1 amide bonds. The van der Waals surface area contributed by atoms with Gasteiger partial charge in [0.2, 0.25) is 11.9 Å². The van der Waals surface area contributed by atoms with Gasteiger partial charge in [0.25, 0.3) is 5.91 Å². The van der Waals surface area contributed by atoms with E-state index in [9.17, 15) is 66.2 Å². The van der Waals surface area contributed by atoms with Gasteiger partial charge in [0.1, 0.15) is 51.8 Å². The Labute approximate surface area is 474 Å². The Bertz CT molecular complexity index is 3590. The van der Waals surface area contributed by atoms with Gasteiger partial charge in [-0.2, -0.15) is 19.3 Å². The van der Waals surface area contributed by atoms with E-state index in [1.54, 1.807) is 6.07 Å². The Morgan fingerprint density at radius 2 is 1.28 bits per heavy atom. The molecule has 0 bridgehead atoms. The molecule has 6 aromatic carbocycles. The maximum Gasteiger partial charge on any atom is 1.00 e. The number of hydrogen-bond donors (Lipinski definition) is 4. The molecule has 0 aliphatic rings. The average molecular weight is 1040 g/mol. The number of carbonyl (C=O) groups excluding carboxylic acids is 1. The van der Waals surface area contributed by atoms with Gasteiger partial charge in [-0.3, -0.25) is 4.79 Å². The van der Waals surface area contributed by atoms with E-state index < -0.39 is 112 Å². The van der Waals surface area contributed by atoms with Crippen LogP contribution in [0, 0.1) is 6.08 Å². The number of halogens is 1. The number of aromatic hydroxyl groups is 1. The van der Waals surface area contributed by atoms with Gasteiger partial charge in [0, 0.05) is 28.6 Å². The summed E-state index contributed by atoms with van der Waals surface area (Å²) < 4.78 is 162. The monoisotopic (exact) mass is 1040 g/mol. The van der Waals surface area contributed by atoms with Crippen molar-refractivity contribution in [3.8, 4) is 5.75 Å². The number of fused-ring (bicyclic) bond motifs is 2. The van der Waals surface area contributed by atoms with Crippen LogP contribution < -0.4 is 134 Å². The van der Waals surface area contributed by atoms with E-state index in [1.165, 1.54) is 60.7 Å². The molecule has 0 atom stereocenters. The van der Waals surface area contributed by atoms with Crippen LogP contribution in [0.15, 0.2) is 133 Å². The molecular formula is C37H23FN8Na4O14S4. The minimum atomic E-state index is -5.74. The van der Waals surface area contributed by atoms with Gasteiger partial charge in [0.15, 0.2) is 5.75 Å². The number of aromatic nitrogens is 3. The van der Waals surface area contributed by atoms with Gasteiger partial charge in [-0.05, 0) is 65.5 Å². The fraction of sp³-hybridized carbons (Fsp3) is 0.0270. The smallest absolute Gasteiger partial charge is 0.744 e. The molecule has 22 nitrogen and oxygen atoms in total. The Kier molecular flexibility index (Phi) is 20.4. The van der Waals surface area contributed by atoms with Crippen molar-refractivity contribution in [3.63, 3.8) is 0 Å². The predicted molar refractivity (Wildman–Crippen MR) is 217 cm³/mol. The van der Waals surface area contributed by atoms with Crippen LogP contribution in [0.3, 0.4) is 0 Å². The van der Waals surface area contributed by atoms with Crippen LogP contribution in [0.25, 0.3) is 21.5 Å². The van der Waals surface area contributed by atoms with Gasteiger partial charge >= 0.3 is 124 Å². The molecule has 1 aromatic heterocycles. The summed E-state index contributed by atoms with van der Waals surface area (Å²) in [6, 6.07) is 20.2. The van der Waals surface area contributed by atoms with E-state index in [1.807, 2.05) is 0 Å². The van der Waals surface area contributed by atoms with Crippen LogP contribution in [-0.2, 0) is 47.0 Å². The summed E-state index contributed by atoms with van der Waals surface area (Å²) in [5, 5.41) is 24.8. The number of rotatable bonds is 13. The van der Waals surface area contributed by atoms with E-state index in [-0.39, 0.29) is 158 Å². The summed E-state index contributed by atoms with van der Waals surface area (Å²) >= 11 is 0. The van der Waals surface area contributed by atoms with Crippen molar-refractivity contribution in [3.05, 3.63) is 120 Å². The zero-order valence-electron chi connectivity index (χ0n) is 35.5. The molecule has 68 heavy (non-hydrogen) atoms. The molecule has 4 N–H and O–H groups in total. The summed E-state index contributed by atoms with van der Waals surface area (Å²) in [5.74, 6) is -2.93.